The van der Waals surface area contributed by atoms with Gasteiger partial charge in [0.05, 0.1) is 13.7 Å². The zero-order valence-electron chi connectivity index (χ0n) is 18.9. The lowest BCUT2D eigenvalue weighted by atomic mass is 9.85. The van der Waals surface area contributed by atoms with E-state index in [0.29, 0.717) is 13.0 Å². The first-order valence-corrected chi connectivity index (χ1v) is 10.9. The molecule has 1 aromatic heterocycles. The number of para-hydroxylation sites is 1. The fourth-order valence-electron chi connectivity index (χ4n) is 4.53. The fraction of sp³-hybridized carbons (Fsp3) is 0.296. The molecular formula is C27H30N2O3. The van der Waals surface area contributed by atoms with Crippen LogP contribution in [-0.2, 0) is 16.0 Å². The van der Waals surface area contributed by atoms with Crippen LogP contribution in [0.1, 0.15) is 36.8 Å². The number of rotatable bonds is 8. The second-order valence-electron chi connectivity index (χ2n) is 8.30. The molecule has 0 bridgehead atoms. The van der Waals surface area contributed by atoms with Crippen molar-refractivity contribution in [3.8, 4) is 5.75 Å². The Morgan fingerprint density at radius 3 is 2.75 bits per heavy atom. The van der Waals surface area contributed by atoms with Gasteiger partial charge in [-0.1, -0.05) is 30.3 Å². The lowest BCUT2D eigenvalue weighted by molar-refractivity contribution is -0.115. The average Bonchev–Trinajstić information content (AvgIpc) is 3.28. The van der Waals surface area contributed by atoms with Crippen LogP contribution in [0.3, 0.4) is 0 Å². The molecule has 3 aromatic rings. The Kier molecular flexibility index (Phi) is 6.76. The number of H-pyrrole nitrogens is 1. The predicted octanol–water partition coefficient (Wildman–Crippen LogP) is 5.26. The van der Waals surface area contributed by atoms with Crippen LogP contribution >= 0.6 is 0 Å². The molecule has 1 unspecified atom stereocenters. The molecule has 2 aromatic carbocycles. The van der Waals surface area contributed by atoms with E-state index in [1.807, 2.05) is 24.4 Å². The van der Waals surface area contributed by atoms with Gasteiger partial charge in [-0.3, -0.25) is 4.79 Å². The van der Waals surface area contributed by atoms with E-state index in [4.69, 9.17) is 9.47 Å². The number of methoxy groups -OCH3 is 2. The SMILES string of the molecule is COC/C(Cc1cccc2[nH]ccc12)=C(\C)NC1=CC(=O)CC(c2ccccc2OC)C1. The van der Waals surface area contributed by atoms with Crippen molar-refractivity contribution in [1.82, 2.24) is 10.3 Å². The summed E-state index contributed by atoms with van der Waals surface area (Å²) in [6, 6.07) is 16.4. The van der Waals surface area contributed by atoms with Gasteiger partial charge < -0.3 is 19.8 Å². The van der Waals surface area contributed by atoms with Crippen molar-refractivity contribution in [2.75, 3.05) is 20.8 Å². The zero-order valence-corrected chi connectivity index (χ0v) is 18.9. The Morgan fingerprint density at radius 2 is 1.94 bits per heavy atom. The molecule has 1 aliphatic rings. The summed E-state index contributed by atoms with van der Waals surface area (Å²) < 4.78 is 11.0. The summed E-state index contributed by atoms with van der Waals surface area (Å²) in [5, 5.41) is 4.74. The average molecular weight is 431 g/mol. The molecule has 2 N–H and O–H groups in total. The highest BCUT2D eigenvalue weighted by molar-refractivity contribution is 5.92. The summed E-state index contributed by atoms with van der Waals surface area (Å²) in [5.41, 5.74) is 6.58. The van der Waals surface area contributed by atoms with Gasteiger partial charge in [-0.05, 0) is 54.7 Å². The van der Waals surface area contributed by atoms with Crippen LogP contribution in [0.4, 0.5) is 0 Å². The number of ether oxygens (including phenoxy) is 2. The first kappa shape index (κ1) is 21.9. The molecule has 5 nitrogen and oxygen atoms in total. The van der Waals surface area contributed by atoms with Gasteiger partial charge in [-0.25, -0.2) is 0 Å². The van der Waals surface area contributed by atoms with Crippen LogP contribution < -0.4 is 10.1 Å². The zero-order chi connectivity index (χ0) is 22.5. The second-order valence-corrected chi connectivity index (χ2v) is 8.30. The van der Waals surface area contributed by atoms with Crippen molar-refractivity contribution < 1.29 is 14.3 Å². The third-order valence-electron chi connectivity index (χ3n) is 6.11. The van der Waals surface area contributed by atoms with Gasteiger partial charge in [-0.15, -0.1) is 0 Å². The largest absolute Gasteiger partial charge is 0.496 e. The first-order valence-electron chi connectivity index (χ1n) is 10.9. The Labute approximate surface area is 189 Å². The fourth-order valence-corrected chi connectivity index (χ4v) is 4.53. The predicted molar refractivity (Wildman–Crippen MR) is 128 cm³/mol. The quantitative estimate of drug-likeness (QED) is 0.512. The lowest BCUT2D eigenvalue weighted by Gasteiger charge is -2.25. The number of aromatic amines is 1. The minimum atomic E-state index is 0.0958. The van der Waals surface area contributed by atoms with E-state index >= 15 is 0 Å². The Hall–Kier alpha value is -3.31. The van der Waals surface area contributed by atoms with E-state index in [0.717, 1.165) is 46.6 Å². The Morgan fingerprint density at radius 1 is 1.09 bits per heavy atom. The standard InChI is InChI=1S/C27H30N2O3/c1-18(21(17-31-2)13-19-7-6-9-26-24(19)11-12-28-26)29-22-14-20(15-23(30)16-22)25-8-4-5-10-27(25)32-3/h4-12,16,20,28-29H,13-15,17H2,1-3H3/b21-18+. The van der Waals surface area contributed by atoms with Crippen molar-refractivity contribution in [2.24, 2.45) is 0 Å². The van der Waals surface area contributed by atoms with Crippen LogP contribution in [0.5, 0.6) is 5.75 Å². The third kappa shape index (κ3) is 4.78. The number of benzene rings is 2. The Balaban J connectivity index is 1.57. The molecular weight excluding hydrogens is 400 g/mol. The van der Waals surface area contributed by atoms with E-state index < -0.39 is 0 Å². The number of carbonyl (C=O) groups excluding carboxylic acids is 1. The van der Waals surface area contributed by atoms with E-state index in [2.05, 4.69) is 47.6 Å². The van der Waals surface area contributed by atoms with Crippen molar-refractivity contribution in [1.29, 1.82) is 0 Å². The highest BCUT2D eigenvalue weighted by atomic mass is 16.5. The summed E-state index contributed by atoms with van der Waals surface area (Å²) in [6.07, 6.45) is 5.74. The van der Waals surface area contributed by atoms with E-state index in [9.17, 15) is 4.79 Å². The van der Waals surface area contributed by atoms with Crippen molar-refractivity contribution in [2.45, 2.75) is 32.1 Å². The van der Waals surface area contributed by atoms with Gasteiger partial charge in [0.15, 0.2) is 5.78 Å². The molecule has 166 valence electrons. The summed E-state index contributed by atoms with van der Waals surface area (Å²) in [4.78, 5) is 15.8. The van der Waals surface area contributed by atoms with Gasteiger partial charge in [0, 0.05) is 54.0 Å². The Bertz CT molecular complexity index is 1170. The third-order valence-corrected chi connectivity index (χ3v) is 6.11. The number of allylic oxidation sites excluding steroid dienone is 3. The lowest BCUT2D eigenvalue weighted by Crippen LogP contribution is -2.23. The second kappa shape index (κ2) is 9.88. The van der Waals surface area contributed by atoms with E-state index in [1.54, 1.807) is 20.3 Å². The van der Waals surface area contributed by atoms with Gasteiger partial charge >= 0.3 is 0 Å². The summed E-state index contributed by atoms with van der Waals surface area (Å²) >= 11 is 0. The van der Waals surface area contributed by atoms with Crippen LogP contribution in [-0.4, -0.2) is 31.6 Å². The molecule has 1 atom stereocenters. The normalized spacial score (nSPS) is 17.2. The van der Waals surface area contributed by atoms with Crippen molar-refractivity contribution in [3.05, 3.63) is 88.9 Å². The van der Waals surface area contributed by atoms with Crippen LogP contribution in [0.2, 0.25) is 0 Å². The number of hydrogen-bond donors (Lipinski definition) is 2. The topological polar surface area (TPSA) is 63.3 Å². The first-order chi connectivity index (χ1) is 15.6. The number of ketones is 1. The van der Waals surface area contributed by atoms with Gasteiger partial charge in [0.2, 0.25) is 0 Å². The minimum absolute atomic E-state index is 0.0958. The van der Waals surface area contributed by atoms with E-state index in [1.165, 1.54) is 10.9 Å². The molecule has 32 heavy (non-hydrogen) atoms. The maximum Gasteiger partial charge on any atom is 0.158 e. The summed E-state index contributed by atoms with van der Waals surface area (Å²) in [6.45, 7) is 2.58. The van der Waals surface area contributed by atoms with Gasteiger partial charge in [-0.2, -0.15) is 0 Å². The van der Waals surface area contributed by atoms with Crippen LogP contribution in [0.15, 0.2) is 77.8 Å². The minimum Gasteiger partial charge on any atom is -0.496 e. The molecule has 0 fully saturated rings. The van der Waals surface area contributed by atoms with Crippen molar-refractivity contribution in [3.63, 3.8) is 0 Å². The number of aromatic nitrogens is 1. The maximum atomic E-state index is 12.5. The molecule has 0 spiro atoms. The number of fused-ring (bicyclic) bond motifs is 1. The molecule has 1 heterocycles. The van der Waals surface area contributed by atoms with Crippen LogP contribution in [0.25, 0.3) is 10.9 Å². The number of carbonyl (C=O) groups is 1. The van der Waals surface area contributed by atoms with E-state index in [-0.39, 0.29) is 11.7 Å². The highest BCUT2D eigenvalue weighted by Gasteiger charge is 2.25. The molecule has 1 aliphatic carbocycles. The smallest absolute Gasteiger partial charge is 0.158 e. The molecule has 0 amide bonds. The highest BCUT2D eigenvalue weighted by Crippen LogP contribution is 2.36. The monoisotopic (exact) mass is 430 g/mol. The maximum absolute atomic E-state index is 12.5. The molecule has 0 saturated heterocycles. The van der Waals surface area contributed by atoms with Gasteiger partial charge in [0.25, 0.3) is 0 Å². The summed E-state index contributed by atoms with van der Waals surface area (Å²) in [5.74, 6) is 1.06. The number of hydrogen-bond acceptors (Lipinski definition) is 4. The van der Waals surface area contributed by atoms with Crippen LogP contribution in [0, 0.1) is 0 Å². The molecule has 0 radical (unpaired) electrons. The molecule has 5 heteroatoms. The summed E-state index contributed by atoms with van der Waals surface area (Å²) in [7, 11) is 3.39. The van der Waals surface area contributed by atoms with Gasteiger partial charge in [0.1, 0.15) is 5.75 Å². The number of nitrogens with one attached hydrogen (secondary N) is 2. The molecule has 4 rings (SSSR count). The molecule has 0 aliphatic heterocycles. The van der Waals surface area contributed by atoms with Crippen molar-refractivity contribution >= 4 is 16.7 Å². The molecule has 0 saturated carbocycles.